The molecule has 0 aliphatic carbocycles. The number of benzene rings is 1. The number of hydrogen-bond donors (Lipinski definition) is 0. The topological polar surface area (TPSA) is 26.0 Å². The van der Waals surface area contributed by atoms with E-state index in [1.165, 1.54) is 0 Å². The summed E-state index contributed by atoms with van der Waals surface area (Å²) in [6.07, 6.45) is -4.25. The van der Waals surface area contributed by atoms with Gasteiger partial charge in [-0.05, 0) is 12.1 Å². The fraction of sp³-hybridized carbons (Fsp3) is 0.182. The Kier molecular flexibility index (Phi) is 2.68. The maximum Gasteiger partial charge on any atom is 0.396 e. The van der Waals surface area contributed by atoms with Gasteiger partial charge in [-0.15, -0.1) is 0 Å². The number of oxazole rings is 1. The minimum atomic E-state index is -4.27. The van der Waals surface area contributed by atoms with Crippen LogP contribution in [0.1, 0.15) is 5.76 Å². The second-order valence-electron chi connectivity index (χ2n) is 3.29. The molecule has 0 amide bonds. The monoisotopic (exact) mass is 227 g/mol. The van der Waals surface area contributed by atoms with Crippen molar-refractivity contribution in [3.8, 4) is 11.5 Å². The van der Waals surface area contributed by atoms with Crippen molar-refractivity contribution >= 4 is 0 Å². The molecule has 5 heteroatoms. The molecule has 0 spiro atoms. The zero-order chi connectivity index (χ0) is 11.6. The SMILES string of the molecule is FC(F)(F)Cc1cnc(-c2ccccc2)o1. The zero-order valence-electron chi connectivity index (χ0n) is 8.16. The highest BCUT2D eigenvalue weighted by Gasteiger charge is 2.29. The van der Waals surface area contributed by atoms with E-state index in [1.807, 2.05) is 6.07 Å². The minimum absolute atomic E-state index is 0.175. The van der Waals surface area contributed by atoms with Crippen LogP contribution in [0, 0.1) is 0 Å². The summed E-state index contributed by atoms with van der Waals surface area (Å²) < 4.78 is 41.2. The second kappa shape index (κ2) is 4.00. The van der Waals surface area contributed by atoms with Crippen molar-refractivity contribution < 1.29 is 17.6 Å². The van der Waals surface area contributed by atoms with E-state index in [2.05, 4.69) is 4.98 Å². The highest BCUT2D eigenvalue weighted by molar-refractivity contribution is 5.52. The normalized spacial score (nSPS) is 11.7. The summed E-state index contributed by atoms with van der Waals surface area (Å²) in [6, 6.07) is 8.79. The molecule has 0 aliphatic heterocycles. The van der Waals surface area contributed by atoms with Crippen LogP contribution in [0.4, 0.5) is 13.2 Å². The van der Waals surface area contributed by atoms with Crippen LogP contribution in [-0.2, 0) is 6.42 Å². The average molecular weight is 227 g/mol. The van der Waals surface area contributed by atoms with Gasteiger partial charge in [0.05, 0.1) is 6.20 Å². The van der Waals surface area contributed by atoms with E-state index in [0.29, 0.717) is 5.56 Å². The fourth-order valence-corrected chi connectivity index (χ4v) is 1.30. The van der Waals surface area contributed by atoms with Crippen molar-refractivity contribution in [2.24, 2.45) is 0 Å². The van der Waals surface area contributed by atoms with Crippen molar-refractivity contribution in [3.05, 3.63) is 42.3 Å². The number of halogens is 3. The molecule has 2 aromatic rings. The molecule has 0 atom stereocenters. The molecule has 84 valence electrons. The first kappa shape index (κ1) is 10.7. The van der Waals surface area contributed by atoms with Gasteiger partial charge >= 0.3 is 6.18 Å². The lowest BCUT2D eigenvalue weighted by molar-refractivity contribution is -0.130. The molecule has 1 aromatic heterocycles. The number of hydrogen-bond acceptors (Lipinski definition) is 2. The lowest BCUT2D eigenvalue weighted by Crippen LogP contribution is -2.10. The summed E-state index contributed by atoms with van der Waals surface area (Å²) in [6.45, 7) is 0. The molecular weight excluding hydrogens is 219 g/mol. The van der Waals surface area contributed by atoms with Crippen LogP contribution >= 0.6 is 0 Å². The number of aromatic nitrogens is 1. The molecule has 1 heterocycles. The van der Waals surface area contributed by atoms with E-state index in [9.17, 15) is 13.2 Å². The van der Waals surface area contributed by atoms with Crippen molar-refractivity contribution in [1.29, 1.82) is 0 Å². The molecule has 0 unspecified atom stereocenters. The minimum Gasteiger partial charge on any atom is -0.441 e. The van der Waals surface area contributed by atoms with Gasteiger partial charge in [0.2, 0.25) is 5.89 Å². The van der Waals surface area contributed by atoms with Gasteiger partial charge in [-0.3, -0.25) is 0 Å². The van der Waals surface area contributed by atoms with Crippen molar-refractivity contribution in [1.82, 2.24) is 4.98 Å². The molecule has 0 fully saturated rings. The van der Waals surface area contributed by atoms with Gasteiger partial charge in [0.15, 0.2) is 0 Å². The predicted molar refractivity (Wildman–Crippen MR) is 51.7 cm³/mol. The molecule has 0 bridgehead atoms. The second-order valence-corrected chi connectivity index (χ2v) is 3.29. The third-order valence-electron chi connectivity index (χ3n) is 1.95. The van der Waals surface area contributed by atoms with E-state index in [1.54, 1.807) is 24.3 Å². The Morgan fingerprint density at radius 2 is 1.81 bits per heavy atom. The summed E-state index contributed by atoms with van der Waals surface area (Å²) in [5, 5.41) is 0. The molecule has 0 radical (unpaired) electrons. The van der Waals surface area contributed by atoms with E-state index in [-0.39, 0.29) is 11.7 Å². The molecule has 0 N–H and O–H groups in total. The largest absolute Gasteiger partial charge is 0.441 e. The third kappa shape index (κ3) is 2.62. The maximum absolute atomic E-state index is 12.1. The Labute approximate surface area is 89.7 Å². The van der Waals surface area contributed by atoms with Gasteiger partial charge in [-0.25, -0.2) is 4.98 Å². The van der Waals surface area contributed by atoms with E-state index >= 15 is 0 Å². The van der Waals surface area contributed by atoms with Gasteiger partial charge in [-0.2, -0.15) is 13.2 Å². The Bertz CT molecular complexity index is 462. The predicted octanol–water partition coefficient (Wildman–Crippen LogP) is 3.45. The van der Waals surface area contributed by atoms with Crippen LogP contribution in [-0.4, -0.2) is 11.2 Å². The number of rotatable bonds is 2. The van der Waals surface area contributed by atoms with Crippen LogP contribution in [0.5, 0.6) is 0 Å². The number of nitrogens with zero attached hydrogens (tertiary/aromatic N) is 1. The maximum atomic E-state index is 12.1. The lowest BCUT2D eigenvalue weighted by Gasteiger charge is -2.01. The highest BCUT2D eigenvalue weighted by atomic mass is 19.4. The van der Waals surface area contributed by atoms with Crippen molar-refractivity contribution in [2.45, 2.75) is 12.6 Å². The molecular formula is C11H8F3NO. The standard InChI is InChI=1S/C11H8F3NO/c12-11(13,14)6-9-7-15-10(16-9)8-4-2-1-3-5-8/h1-5,7H,6H2. The van der Waals surface area contributed by atoms with Gasteiger partial charge < -0.3 is 4.42 Å². The first-order valence-corrected chi connectivity index (χ1v) is 4.61. The molecule has 1 aromatic carbocycles. The van der Waals surface area contributed by atoms with Crippen molar-refractivity contribution in [3.63, 3.8) is 0 Å². The zero-order valence-corrected chi connectivity index (χ0v) is 8.16. The number of alkyl halides is 3. The van der Waals surface area contributed by atoms with E-state index < -0.39 is 12.6 Å². The van der Waals surface area contributed by atoms with Crippen LogP contribution in [0.15, 0.2) is 40.9 Å². The molecule has 16 heavy (non-hydrogen) atoms. The average Bonchev–Trinajstić information content (AvgIpc) is 2.65. The van der Waals surface area contributed by atoms with E-state index in [0.717, 1.165) is 6.20 Å². The summed E-state index contributed by atoms with van der Waals surface area (Å²) in [7, 11) is 0. The van der Waals surface area contributed by atoms with Gasteiger partial charge in [0.1, 0.15) is 12.2 Å². The first-order chi connectivity index (χ1) is 7.54. The van der Waals surface area contributed by atoms with Gasteiger partial charge in [0.25, 0.3) is 0 Å². The van der Waals surface area contributed by atoms with Crippen molar-refractivity contribution in [2.75, 3.05) is 0 Å². The molecule has 2 rings (SSSR count). The Balaban J connectivity index is 2.21. The van der Waals surface area contributed by atoms with Crippen LogP contribution in [0.3, 0.4) is 0 Å². The molecule has 0 saturated heterocycles. The Morgan fingerprint density at radius 1 is 1.12 bits per heavy atom. The quantitative estimate of drug-likeness (QED) is 0.785. The first-order valence-electron chi connectivity index (χ1n) is 4.61. The molecule has 2 nitrogen and oxygen atoms in total. The Morgan fingerprint density at radius 3 is 2.44 bits per heavy atom. The third-order valence-corrected chi connectivity index (χ3v) is 1.95. The summed E-state index contributed by atoms with van der Waals surface area (Å²) in [5.74, 6) is 0.0335. The van der Waals surface area contributed by atoms with Crippen LogP contribution in [0.2, 0.25) is 0 Å². The summed E-state index contributed by atoms with van der Waals surface area (Å²) in [5.41, 5.74) is 0.663. The fourth-order valence-electron chi connectivity index (χ4n) is 1.30. The summed E-state index contributed by atoms with van der Waals surface area (Å²) in [4.78, 5) is 3.80. The Hall–Kier alpha value is -1.78. The van der Waals surface area contributed by atoms with Gasteiger partial charge in [-0.1, -0.05) is 18.2 Å². The van der Waals surface area contributed by atoms with Crippen LogP contribution < -0.4 is 0 Å². The lowest BCUT2D eigenvalue weighted by atomic mass is 10.2. The summed E-state index contributed by atoms with van der Waals surface area (Å²) >= 11 is 0. The van der Waals surface area contributed by atoms with Gasteiger partial charge in [0, 0.05) is 5.56 Å². The molecule has 0 saturated carbocycles. The van der Waals surface area contributed by atoms with Crippen LogP contribution in [0.25, 0.3) is 11.5 Å². The molecule has 0 aliphatic rings. The highest BCUT2D eigenvalue weighted by Crippen LogP contribution is 2.24. The van der Waals surface area contributed by atoms with E-state index in [4.69, 9.17) is 4.42 Å². The smallest absolute Gasteiger partial charge is 0.396 e.